The molecule has 1 spiro atoms. The van der Waals surface area contributed by atoms with Gasteiger partial charge in [0, 0.05) is 55.6 Å². The highest BCUT2D eigenvalue weighted by Crippen LogP contribution is 2.43. The van der Waals surface area contributed by atoms with E-state index < -0.39 is 0 Å². The molecule has 0 bridgehead atoms. The van der Waals surface area contributed by atoms with Gasteiger partial charge in [-0.15, -0.1) is 0 Å². The van der Waals surface area contributed by atoms with Crippen molar-refractivity contribution in [1.82, 2.24) is 25.1 Å². The molecular formula is C27H30N8O2. The van der Waals surface area contributed by atoms with Crippen LogP contribution in [0.5, 0.6) is 0 Å². The SMILES string of the molecule is C/C=C/C(=O)N1CC2(CCN(c3nc(N4CCOCC4)nc(-c4c(C)ccc5[nH]ncc45)c3C#N)C2)C1. The van der Waals surface area contributed by atoms with Crippen LogP contribution in [0.1, 0.15) is 24.5 Å². The second-order valence-electron chi connectivity index (χ2n) is 10.2. The van der Waals surface area contributed by atoms with Crippen LogP contribution in [-0.4, -0.2) is 83.5 Å². The first kappa shape index (κ1) is 23.4. The Kier molecular flexibility index (Phi) is 5.80. The van der Waals surface area contributed by atoms with Crippen LogP contribution in [0.15, 0.2) is 30.5 Å². The molecule has 3 aliphatic heterocycles. The van der Waals surface area contributed by atoms with Gasteiger partial charge >= 0.3 is 0 Å². The average Bonchev–Trinajstić information content (AvgIpc) is 3.55. The zero-order valence-corrected chi connectivity index (χ0v) is 21.2. The van der Waals surface area contributed by atoms with E-state index in [1.807, 2.05) is 30.9 Å². The number of nitrogens with zero attached hydrogens (tertiary/aromatic N) is 7. The van der Waals surface area contributed by atoms with E-state index >= 15 is 0 Å². The number of benzene rings is 1. The molecule has 3 aromatic rings. The van der Waals surface area contributed by atoms with Gasteiger partial charge < -0.3 is 19.4 Å². The molecule has 3 aliphatic rings. The van der Waals surface area contributed by atoms with Gasteiger partial charge in [-0.3, -0.25) is 9.89 Å². The lowest BCUT2D eigenvalue weighted by molar-refractivity contribution is -0.136. The number of hydrogen-bond acceptors (Lipinski definition) is 8. The van der Waals surface area contributed by atoms with E-state index in [-0.39, 0.29) is 11.3 Å². The summed E-state index contributed by atoms with van der Waals surface area (Å²) in [5.74, 6) is 1.35. The van der Waals surface area contributed by atoms with Gasteiger partial charge in [0.25, 0.3) is 0 Å². The maximum absolute atomic E-state index is 12.3. The summed E-state index contributed by atoms with van der Waals surface area (Å²) in [6.07, 6.45) is 6.16. The van der Waals surface area contributed by atoms with Crippen molar-refractivity contribution >= 4 is 28.6 Å². The molecule has 10 heteroatoms. The number of aromatic nitrogens is 4. The third kappa shape index (κ3) is 4.00. The lowest BCUT2D eigenvalue weighted by atomic mass is 9.79. The predicted molar refractivity (Wildman–Crippen MR) is 140 cm³/mol. The fourth-order valence-electron chi connectivity index (χ4n) is 5.84. The Labute approximate surface area is 215 Å². The number of H-pyrrole nitrogens is 1. The lowest BCUT2D eigenvalue weighted by Gasteiger charge is -2.47. The van der Waals surface area contributed by atoms with E-state index in [0.29, 0.717) is 49.3 Å². The van der Waals surface area contributed by atoms with Crippen LogP contribution in [0.2, 0.25) is 0 Å². The zero-order chi connectivity index (χ0) is 25.6. The van der Waals surface area contributed by atoms with E-state index in [9.17, 15) is 10.1 Å². The van der Waals surface area contributed by atoms with Gasteiger partial charge in [-0.2, -0.15) is 15.3 Å². The highest BCUT2D eigenvalue weighted by Gasteiger charge is 2.49. The maximum atomic E-state index is 12.3. The maximum Gasteiger partial charge on any atom is 0.246 e. The number of aryl methyl sites for hydroxylation is 1. The third-order valence-corrected chi connectivity index (χ3v) is 7.76. The number of carbonyl (C=O) groups excluding carboxylic acids is 1. The Balaban J connectivity index is 1.42. The van der Waals surface area contributed by atoms with Crippen molar-refractivity contribution in [2.75, 3.05) is 62.3 Å². The second kappa shape index (κ2) is 9.16. The van der Waals surface area contributed by atoms with Gasteiger partial charge in [-0.05, 0) is 38.0 Å². The third-order valence-electron chi connectivity index (χ3n) is 7.76. The highest BCUT2D eigenvalue weighted by atomic mass is 16.5. The number of ether oxygens (including phenoxy) is 1. The van der Waals surface area contributed by atoms with Crippen LogP contribution >= 0.6 is 0 Å². The molecular weight excluding hydrogens is 468 g/mol. The topological polar surface area (TPSA) is 114 Å². The summed E-state index contributed by atoms with van der Waals surface area (Å²) >= 11 is 0. The van der Waals surface area contributed by atoms with Crippen LogP contribution in [0, 0.1) is 23.7 Å². The zero-order valence-electron chi connectivity index (χ0n) is 21.2. The number of allylic oxidation sites excluding steroid dienone is 1. The van der Waals surface area contributed by atoms with Crippen molar-refractivity contribution in [2.24, 2.45) is 5.41 Å². The van der Waals surface area contributed by atoms with Crippen molar-refractivity contribution in [3.8, 4) is 17.3 Å². The number of carbonyl (C=O) groups is 1. The van der Waals surface area contributed by atoms with Crippen LogP contribution in [0.25, 0.3) is 22.2 Å². The first-order chi connectivity index (χ1) is 18.0. The molecule has 0 unspecified atom stereocenters. The number of amides is 1. The normalized spacial score (nSPS) is 19.1. The van der Waals surface area contributed by atoms with Gasteiger partial charge in [-0.1, -0.05) is 12.1 Å². The summed E-state index contributed by atoms with van der Waals surface area (Å²) in [5.41, 5.74) is 3.98. The Morgan fingerprint density at radius 3 is 2.73 bits per heavy atom. The Bertz CT molecular complexity index is 1430. The molecule has 0 aliphatic carbocycles. The molecule has 1 N–H and O–H groups in total. The molecule has 5 heterocycles. The van der Waals surface area contributed by atoms with Crippen molar-refractivity contribution < 1.29 is 9.53 Å². The molecule has 190 valence electrons. The first-order valence-corrected chi connectivity index (χ1v) is 12.8. The van der Waals surface area contributed by atoms with Gasteiger partial charge in [0.2, 0.25) is 11.9 Å². The number of nitriles is 1. The Morgan fingerprint density at radius 1 is 1.16 bits per heavy atom. The van der Waals surface area contributed by atoms with Crippen molar-refractivity contribution in [2.45, 2.75) is 20.3 Å². The molecule has 6 rings (SSSR count). The van der Waals surface area contributed by atoms with Gasteiger partial charge in [0.15, 0.2) is 5.82 Å². The van der Waals surface area contributed by atoms with Gasteiger partial charge in [0.1, 0.15) is 11.6 Å². The molecule has 10 nitrogen and oxygen atoms in total. The van der Waals surface area contributed by atoms with Crippen molar-refractivity contribution in [3.05, 3.63) is 41.6 Å². The summed E-state index contributed by atoms with van der Waals surface area (Å²) in [6.45, 7) is 9.54. The lowest BCUT2D eigenvalue weighted by Crippen LogP contribution is -2.59. The monoisotopic (exact) mass is 498 g/mol. The van der Waals surface area contributed by atoms with Crippen LogP contribution in [0.4, 0.5) is 11.8 Å². The standard InChI is InChI=1S/C27H30N8O2/c1-3-4-22(36)35-16-27(17-35)7-8-34(15-27)25-19(13-28)24(30-26(31-25)33-9-11-37-12-10-33)23-18(2)5-6-21-20(23)14-29-32-21/h3-6,14H,7-12,15-17H2,1-2H3,(H,29,32)/b4-3+. The fourth-order valence-corrected chi connectivity index (χ4v) is 5.84. The van der Waals surface area contributed by atoms with E-state index in [0.717, 1.165) is 54.6 Å². The second-order valence-corrected chi connectivity index (χ2v) is 10.2. The number of aromatic amines is 1. The predicted octanol–water partition coefficient (Wildman–Crippen LogP) is 2.65. The quantitative estimate of drug-likeness (QED) is 0.546. The van der Waals surface area contributed by atoms with Crippen molar-refractivity contribution in [3.63, 3.8) is 0 Å². The number of morpholine rings is 1. The number of nitrogens with one attached hydrogen (secondary N) is 1. The molecule has 1 amide bonds. The first-order valence-electron chi connectivity index (χ1n) is 12.8. The highest BCUT2D eigenvalue weighted by molar-refractivity contribution is 5.97. The van der Waals surface area contributed by atoms with E-state index in [1.54, 1.807) is 18.3 Å². The number of fused-ring (bicyclic) bond motifs is 1. The minimum Gasteiger partial charge on any atom is -0.378 e. The minimum absolute atomic E-state index is 0.0364. The number of rotatable bonds is 4. The smallest absolute Gasteiger partial charge is 0.246 e. The van der Waals surface area contributed by atoms with E-state index in [4.69, 9.17) is 14.7 Å². The molecule has 0 atom stereocenters. The summed E-state index contributed by atoms with van der Waals surface area (Å²) in [6, 6.07) is 6.48. The average molecular weight is 499 g/mol. The molecule has 3 saturated heterocycles. The van der Waals surface area contributed by atoms with Crippen molar-refractivity contribution in [1.29, 1.82) is 5.26 Å². The molecule has 2 aromatic heterocycles. The van der Waals surface area contributed by atoms with Crippen LogP contribution in [-0.2, 0) is 9.53 Å². The Hall–Kier alpha value is -3.97. The summed E-state index contributed by atoms with van der Waals surface area (Å²) in [5, 5.41) is 18.7. The molecule has 1 aromatic carbocycles. The van der Waals surface area contributed by atoms with E-state index in [1.165, 1.54) is 0 Å². The fraction of sp³-hybridized carbons (Fsp3) is 0.444. The van der Waals surface area contributed by atoms with Crippen LogP contribution < -0.4 is 9.80 Å². The van der Waals surface area contributed by atoms with E-state index in [2.05, 4.69) is 26.1 Å². The molecule has 0 saturated carbocycles. The largest absolute Gasteiger partial charge is 0.378 e. The molecule has 0 radical (unpaired) electrons. The molecule has 37 heavy (non-hydrogen) atoms. The molecule has 3 fully saturated rings. The minimum atomic E-state index is 0.0364. The number of likely N-dealkylation sites (tertiary alicyclic amines) is 1. The number of hydrogen-bond donors (Lipinski definition) is 1. The van der Waals surface area contributed by atoms with Crippen LogP contribution in [0.3, 0.4) is 0 Å². The van der Waals surface area contributed by atoms with Gasteiger partial charge in [0.05, 0.1) is 30.6 Å². The van der Waals surface area contributed by atoms with Gasteiger partial charge in [-0.25, -0.2) is 4.98 Å². The summed E-state index contributed by atoms with van der Waals surface area (Å²) < 4.78 is 5.56. The summed E-state index contributed by atoms with van der Waals surface area (Å²) in [7, 11) is 0. The Morgan fingerprint density at radius 2 is 1.97 bits per heavy atom. The number of anilines is 2. The summed E-state index contributed by atoms with van der Waals surface area (Å²) in [4.78, 5) is 28.5.